The maximum absolute atomic E-state index is 11.7. The second-order valence-electron chi connectivity index (χ2n) is 7.12. The van der Waals surface area contributed by atoms with Crippen LogP contribution in [0.15, 0.2) is 0 Å². The molecule has 0 radical (unpaired) electrons. The summed E-state index contributed by atoms with van der Waals surface area (Å²) in [6.07, 6.45) is 4.72. The van der Waals surface area contributed by atoms with E-state index < -0.39 is 5.60 Å². The molecule has 2 rings (SSSR count). The number of carbonyl (C=O) groups is 1. The summed E-state index contributed by atoms with van der Waals surface area (Å²) in [6, 6.07) is 1.16. The van der Waals surface area contributed by atoms with Crippen LogP contribution in [0.3, 0.4) is 0 Å². The van der Waals surface area contributed by atoms with E-state index in [1.807, 2.05) is 20.8 Å². The maximum atomic E-state index is 11.7. The van der Waals surface area contributed by atoms with Gasteiger partial charge in [0.15, 0.2) is 0 Å². The van der Waals surface area contributed by atoms with E-state index in [0.29, 0.717) is 18.6 Å². The van der Waals surface area contributed by atoms with Crippen molar-refractivity contribution in [3.63, 3.8) is 0 Å². The Bertz CT molecular complexity index is 327. The van der Waals surface area contributed by atoms with Crippen molar-refractivity contribution in [1.29, 1.82) is 0 Å². The lowest BCUT2D eigenvalue weighted by Gasteiger charge is -2.38. The van der Waals surface area contributed by atoms with Crippen LogP contribution in [-0.4, -0.2) is 61.4 Å². The summed E-state index contributed by atoms with van der Waals surface area (Å²) in [7, 11) is 0. The predicted octanol–water partition coefficient (Wildman–Crippen LogP) is 1.56. The summed E-state index contributed by atoms with van der Waals surface area (Å²) in [5.41, 5.74) is -0.396. The highest BCUT2D eigenvalue weighted by molar-refractivity contribution is 5.72. The van der Waals surface area contributed by atoms with E-state index in [0.717, 1.165) is 39.1 Å². The van der Waals surface area contributed by atoms with Crippen molar-refractivity contribution < 1.29 is 14.3 Å². The van der Waals surface area contributed by atoms with Gasteiger partial charge in [-0.25, -0.2) is 0 Å². The molecule has 1 aliphatic heterocycles. The zero-order valence-electron chi connectivity index (χ0n) is 13.7. The van der Waals surface area contributed by atoms with Crippen molar-refractivity contribution in [1.82, 2.24) is 10.2 Å². The van der Waals surface area contributed by atoms with Gasteiger partial charge in [0, 0.05) is 25.2 Å². The zero-order chi connectivity index (χ0) is 15.3. The summed E-state index contributed by atoms with van der Waals surface area (Å²) >= 11 is 0. The molecule has 1 saturated carbocycles. The van der Waals surface area contributed by atoms with Crippen molar-refractivity contribution in [3.05, 3.63) is 0 Å². The van der Waals surface area contributed by atoms with E-state index in [1.54, 1.807) is 0 Å². The summed E-state index contributed by atoms with van der Waals surface area (Å²) in [6.45, 7) is 9.91. The Hall–Kier alpha value is -0.650. The van der Waals surface area contributed by atoms with Crippen molar-refractivity contribution in [2.45, 2.75) is 64.1 Å². The molecule has 5 heteroatoms. The first-order valence-corrected chi connectivity index (χ1v) is 8.21. The number of nitrogens with zero attached hydrogens (tertiary/aromatic N) is 1. The predicted molar refractivity (Wildman–Crippen MR) is 82.3 cm³/mol. The smallest absolute Gasteiger partial charge is 0.320 e. The topological polar surface area (TPSA) is 50.8 Å². The standard InChI is InChI=1S/C16H30N2O3/c1-16(2,3)21-15(19)12-17-13-4-6-14(7-5-13)18-8-10-20-11-9-18/h13-14,17H,4-12H2,1-3H3. The largest absolute Gasteiger partial charge is 0.459 e. The number of hydrogen-bond acceptors (Lipinski definition) is 5. The fourth-order valence-corrected chi connectivity index (χ4v) is 3.19. The van der Waals surface area contributed by atoms with Crippen LogP contribution >= 0.6 is 0 Å². The highest BCUT2D eigenvalue weighted by Gasteiger charge is 2.27. The normalized spacial score (nSPS) is 28.3. The molecule has 1 N–H and O–H groups in total. The molecule has 1 aliphatic carbocycles. The quantitative estimate of drug-likeness (QED) is 0.798. The first kappa shape index (κ1) is 16.7. The number of rotatable bonds is 4. The number of carbonyl (C=O) groups excluding carboxylic acids is 1. The van der Waals surface area contributed by atoms with Gasteiger partial charge in [-0.3, -0.25) is 9.69 Å². The van der Waals surface area contributed by atoms with E-state index in [1.165, 1.54) is 12.8 Å². The van der Waals surface area contributed by atoms with Crippen molar-refractivity contribution in [3.8, 4) is 0 Å². The summed E-state index contributed by atoms with van der Waals surface area (Å²) in [5.74, 6) is -0.155. The fraction of sp³-hybridized carbons (Fsp3) is 0.938. The fourth-order valence-electron chi connectivity index (χ4n) is 3.19. The number of esters is 1. The van der Waals surface area contributed by atoms with Crippen molar-refractivity contribution in [2.75, 3.05) is 32.8 Å². The molecule has 5 nitrogen and oxygen atoms in total. The average molecular weight is 298 g/mol. The molecule has 1 heterocycles. The summed E-state index contributed by atoms with van der Waals surface area (Å²) in [4.78, 5) is 14.3. The van der Waals surface area contributed by atoms with E-state index in [9.17, 15) is 4.79 Å². The zero-order valence-corrected chi connectivity index (χ0v) is 13.7. The Morgan fingerprint density at radius 1 is 1.19 bits per heavy atom. The molecule has 2 fully saturated rings. The molecule has 1 saturated heterocycles. The Kier molecular flexibility index (Phi) is 6.02. The van der Waals surface area contributed by atoms with Gasteiger partial charge in [-0.1, -0.05) is 0 Å². The third-order valence-electron chi connectivity index (χ3n) is 4.21. The van der Waals surface area contributed by atoms with E-state index in [2.05, 4.69) is 10.2 Å². The number of ether oxygens (including phenoxy) is 2. The van der Waals surface area contributed by atoms with Gasteiger partial charge in [0.05, 0.1) is 19.8 Å². The maximum Gasteiger partial charge on any atom is 0.320 e. The monoisotopic (exact) mass is 298 g/mol. The van der Waals surface area contributed by atoms with Crippen LogP contribution in [0.1, 0.15) is 46.5 Å². The first-order valence-electron chi connectivity index (χ1n) is 8.21. The molecule has 0 spiro atoms. The highest BCUT2D eigenvalue weighted by atomic mass is 16.6. The van der Waals surface area contributed by atoms with Crippen LogP contribution in [0.4, 0.5) is 0 Å². The molecule has 2 aliphatic rings. The van der Waals surface area contributed by atoms with Gasteiger partial charge < -0.3 is 14.8 Å². The lowest BCUT2D eigenvalue weighted by molar-refractivity contribution is -0.153. The molecule has 122 valence electrons. The number of morpholine rings is 1. The van der Waals surface area contributed by atoms with Crippen LogP contribution in [0, 0.1) is 0 Å². The Morgan fingerprint density at radius 2 is 1.81 bits per heavy atom. The SMILES string of the molecule is CC(C)(C)OC(=O)CNC1CCC(N2CCOCC2)CC1. The lowest BCUT2D eigenvalue weighted by atomic mass is 9.90. The van der Waals surface area contributed by atoms with Gasteiger partial charge >= 0.3 is 5.97 Å². The Labute approximate surface area is 128 Å². The number of hydrogen-bond donors (Lipinski definition) is 1. The lowest BCUT2D eigenvalue weighted by Crippen LogP contribution is -2.47. The van der Waals surface area contributed by atoms with Gasteiger partial charge in [0.25, 0.3) is 0 Å². The third-order valence-corrected chi connectivity index (χ3v) is 4.21. The van der Waals surface area contributed by atoms with Gasteiger partial charge in [-0.15, -0.1) is 0 Å². The van der Waals surface area contributed by atoms with Gasteiger partial charge in [-0.2, -0.15) is 0 Å². The number of nitrogens with one attached hydrogen (secondary N) is 1. The second-order valence-corrected chi connectivity index (χ2v) is 7.12. The third kappa shape index (κ3) is 5.93. The Balaban J connectivity index is 1.63. The molecular weight excluding hydrogens is 268 g/mol. The molecule has 0 amide bonds. The highest BCUT2D eigenvalue weighted by Crippen LogP contribution is 2.23. The minimum Gasteiger partial charge on any atom is -0.459 e. The summed E-state index contributed by atoms with van der Waals surface area (Å²) < 4.78 is 10.7. The molecule has 0 atom stereocenters. The van der Waals surface area contributed by atoms with Gasteiger partial charge in [-0.05, 0) is 46.5 Å². The van der Waals surface area contributed by atoms with Crippen LogP contribution in [0.5, 0.6) is 0 Å². The molecule has 0 aromatic heterocycles. The molecule has 21 heavy (non-hydrogen) atoms. The van der Waals surface area contributed by atoms with E-state index >= 15 is 0 Å². The van der Waals surface area contributed by atoms with Crippen molar-refractivity contribution >= 4 is 5.97 Å². The minimum absolute atomic E-state index is 0.155. The molecule has 0 aromatic rings. The second kappa shape index (κ2) is 7.56. The average Bonchev–Trinajstić information content (AvgIpc) is 2.45. The summed E-state index contributed by atoms with van der Waals surface area (Å²) in [5, 5.41) is 3.35. The molecule has 0 unspecified atom stereocenters. The van der Waals surface area contributed by atoms with Crippen LogP contribution in [0.2, 0.25) is 0 Å². The van der Waals surface area contributed by atoms with Crippen LogP contribution < -0.4 is 5.32 Å². The molecule has 0 aromatic carbocycles. The minimum atomic E-state index is -0.396. The molecule has 0 bridgehead atoms. The van der Waals surface area contributed by atoms with Gasteiger partial charge in [0.2, 0.25) is 0 Å². The van der Waals surface area contributed by atoms with Crippen LogP contribution in [-0.2, 0) is 14.3 Å². The van der Waals surface area contributed by atoms with E-state index in [-0.39, 0.29) is 5.97 Å². The molecular formula is C16H30N2O3. The Morgan fingerprint density at radius 3 is 2.38 bits per heavy atom. The van der Waals surface area contributed by atoms with Gasteiger partial charge in [0.1, 0.15) is 5.60 Å². The first-order chi connectivity index (χ1) is 9.94. The van der Waals surface area contributed by atoms with Crippen molar-refractivity contribution in [2.24, 2.45) is 0 Å². The van der Waals surface area contributed by atoms with Crippen LogP contribution in [0.25, 0.3) is 0 Å². The van der Waals surface area contributed by atoms with E-state index in [4.69, 9.17) is 9.47 Å².